The van der Waals surface area contributed by atoms with Gasteiger partial charge in [0.05, 0.1) is 6.54 Å². The first-order valence-electron chi connectivity index (χ1n) is 9.43. The Balaban J connectivity index is 1.66. The van der Waals surface area contributed by atoms with Crippen LogP contribution in [0.25, 0.3) is 0 Å². The number of benzene rings is 2. The number of carbonyl (C=O) groups excluding carboxylic acids is 4. The third-order valence-electron chi connectivity index (χ3n) is 4.10. The highest BCUT2D eigenvalue weighted by Crippen LogP contribution is 2.15. The molecule has 0 aliphatic heterocycles. The van der Waals surface area contributed by atoms with Crippen LogP contribution in [0.15, 0.2) is 48.5 Å². The third kappa shape index (κ3) is 7.38. The molecule has 0 atom stereocenters. The highest BCUT2D eigenvalue weighted by molar-refractivity contribution is 5.95. The van der Waals surface area contributed by atoms with Crippen molar-refractivity contribution in [1.29, 1.82) is 0 Å². The molecule has 0 radical (unpaired) electrons. The van der Waals surface area contributed by atoms with Crippen LogP contribution in [0.1, 0.15) is 29.8 Å². The minimum Gasteiger partial charge on any atom is -0.482 e. The Bertz CT molecular complexity index is 908. The molecule has 0 aliphatic carbocycles. The number of carbonyl (C=O) groups is 4. The van der Waals surface area contributed by atoms with E-state index in [0.717, 1.165) is 12.0 Å². The molecule has 2 aromatic rings. The Morgan fingerprint density at radius 1 is 0.900 bits per heavy atom. The molecule has 0 spiro atoms. The van der Waals surface area contributed by atoms with Gasteiger partial charge in [0.2, 0.25) is 5.91 Å². The van der Waals surface area contributed by atoms with Crippen molar-refractivity contribution in [3.63, 3.8) is 0 Å². The number of aryl methyl sites for hydroxylation is 1. The van der Waals surface area contributed by atoms with Gasteiger partial charge in [-0.15, -0.1) is 0 Å². The van der Waals surface area contributed by atoms with Gasteiger partial charge in [-0.25, -0.2) is 4.79 Å². The number of Topliss-reactive ketones (excluding diaryl/α,β-unsaturated/α-hetero) is 1. The van der Waals surface area contributed by atoms with Crippen molar-refractivity contribution in [2.75, 3.05) is 25.1 Å². The molecule has 0 bridgehead atoms. The molecule has 0 heterocycles. The highest BCUT2D eigenvalue weighted by Gasteiger charge is 2.11. The molecular formula is C22H24N2O6. The number of ketones is 1. The van der Waals surface area contributed by atoms with E-state index in [9.17, 15) is 19.2 Å². The lowest BCUT2D eigenvalue weighted by Crippen LogP contribution is -2.36. The maximum Gasteiger partial charge on any atom is 0.344 e. The van der Waals surface area contributed by atoms with E-state index in [1.807, 2.05) is 25.1 Å². The van der Waals surface area contributed by atoms with Crippen molar-refractivity contribution in [1.82, 2.24) is 5.32 Å². The molecule has 2 amide bonds. The van der Waals surface area contributed by atoms with Gasteiger partial charge in [-0.3, -0.25) is 14.4 Å². The second kappa shape index (κ2) is 11.4. The van der Waals surface area contributed by atoms with E-state index in [1.54, 1.807) is 30.3 Å². The summed E-state index contributed by atoms with van der Waals surface area (Å²) in [6.07, 6.45) is 0.766. The Kier molecular flexibility index (Phi) is 8.56. The summed E-state index contributed by atoms with van der Waals surface area (Å²) in [5, 5.41) is 5.11. The minimum atomic E-state index is -0.734. The van der Waals surface area contributed by atoms with Gasteiger partial charge in [-0.2, -0.15) is 0 Å². The minimum absolute atomic E-state index is 0.0739. The molecule has 0 aromatic heterocycles. The fourth-order valence-electron chi connectivity index (χ4n) is 2.49. The Morgan fingerprint density at radius 2 is 1.60 bits per heavy atom. The number of esters is 1. The van der Waals surface area contributed by atoms with Crippen molar-refractivity contribution < 1.29 is 28.7 Å². The lowest BCUT2D eigenvalue weighted by atomic mass is 10.1. The zero-order valence-electron chi connectivity index (χ0n) is 16.9. The van der Waals surface area contributed by atoms with Gasteiger partial charge in [0.15, 0.2) is 19.0 Å². The molecule has 2 rings (SSSR count). The van der Waals surface area contributed by atoms with Gasteiger partial charge in [0.1, 0.15) is 5.75 Å². The summed E-state index contributed by atoms with van der Waals surface area (Å²) in [6, 6.07) is 13.7. The van der Waals surface area contributed by atoms with Gasteiger partial charge in [-0.1, -0.05) is 25.1 Å². The van der Waals surface area contributed by atoms with E-state index in [1.165, 1.54) is 6.92 Å². The number of ether oxygens (including phenoxy) is 2. The quantitative estimate of drug-likeness (QED) is 0.457. The molecule has 2 aromatic carbocycles. The molecule has 0 saturated carbocycles. The normalized spacial score (nSPS) is 10.1. The van der Waals surface area contributed by atoms with Gasteiger partial charge in [0.25, 0.3) is 5.91 Å². The van der Waals surface area contributed by atoms with Crippen LogP contribution in [0.5, 0.6) is 5.75 Å². The van der Waals surface area contributed by atoms with Crippen LogP contribution in [-0.4, -0.2) is 43.3 Å². The second-order valence-corrected chi connectivity index (χ2v) is 6.37. The van der Waals surface area contributed by atoms with E-state index < -0.39 is 18.5 Å². The maximum atomic E-state index is 12.0. The number of hydrogen-bond donors (Lipinski definition) is 2. The molecule has 158 valence electrons. The van der Waals surface area contributed by atoms with Crippen LogP contribution in [0.3, 0.4) is 0 Å². The third-order valence-corrected chi connectivity index (χ3v) is 4.10. The lowest BCUT2D eigenvalue weighted by molar-refractivity contribution is -0.150. The maximum absolute atomic E-state index is 12.0. The number of para-hydroxylation sites is 1. The molecule has 8 heteroatoms. The van der Waals surface area contributed by atoms with Crippen molar-refractivity contribution >= 4 is 29.3 Å². The smallest absolute Gasteiger partial charge is 0.344 e. The van der Waals surface area contributed by atoms with Crippen molar-refractivity contribution in [2.45, 2.75) is 20.3 Å². The first-order chi connectivity index (χ1) is 14.4. The van der Waals surface area contributed by atoms with Gasteiger partial charge in [-0.05, 0) is 49.2 Å². The Labute approximate surface area is 174 Å². The van der Waals surface area contributed by atoms with E-state index in [2.05, 4.69) is 10.6 Å². The fourth-order valence-corrected chi connectivity index (χ4v) is 2.49. The van der Waals surface area contributed by atoms with Crippen LogP contribution < -0.4 is 15.4 Å². The average molecular weight is 412 g/mol. The van der Waals surface area contributed by atoms with Crippen LogP contribution in [0.4, 0.5) is 5.69 Å². The summed E-state index contributed by atoms with van der Waals surface area (Å²) in [6.45, 7) is 2.27. The first kappa shape index (κ1) is 22.6. The van der Waals surface area contributed by atoms with E-state index in [4.69, 9.17) is 9.47 Å². The van der Waals surface area contributed by atoms with Gasteiger partial charge in [0, 0.05) is 11.3 Å². The van der Waals surface area contributed by atoms with Crippen LogP contribution >= 0.6 is 0 Å². The summed E-state index contributed by atoms with van der Waals surface area (Å²) in [5.74, 6) is -1.40. The number of amides is 2. The second-order valence-electron chi connectivity index (χ2n) is 6.37. The lowest BCUT2D eigenvalue weighted by Gasteiger charge is -2.10. The van der Waals surface area contributed by atoms with Gasteiger partial charge < -0.3 is 20.1 Å². The molecule has 8 nitrogen and oxygen atoms in total. The van der Waals surface area contributed by atoms with Crippen molar-refractivity contribution in [3.8, 4) is 5.75 Å². The Morgan fingerprint density at radius 3 is 2.27 bits per heavy atom. The SMILES string of the molecule is CCc1ccccc1NC(=O)CNC(=O)COC(=O)COc1ccc(C(C)=O)cc1. The highest BCUT2D eigenvalue weighted by atomic mass is 16.6. The largest absolute Gasteiger partial charge is 0.482 e. The summed E-state index contributed by atoms with van der Waals surface area (Å²) >= 11 is 0. The molecule has 0 unspecified atom stereocenters. The number of rotatable bonds is 10. The van der Waals surface area contributed by atoms with E-state index in [0.29, 0.717) is 17.0 Å². The molecule has 0 fully saturated rings. The van der Waals surface area contributed by atoms with E-state index >= 15 is 0 Å². The van der Waals surface area contributed by atoms with Crippen LogP contribution in [0.2, 0.25) is 0 Å². The number of hydrogen-bond acceptors (Lipinski definition) is 6. The molecular weight excluding hydrogens is 388 g/mol. The predicted molar refractivity (Wildman–Crippen MR) is 110 cm³/mol. The molecule has 0 aliphatic rings. The van der Waals surface area contributed by atoms with E-state index in [-0.39, 0.29) is 24.8 Å². The Hall–Kier alpha value is -3.68. The fraction of sp³-hybridized carbons (Fsp3) is 0.273. The average Bonchev–Trinajstić information content (AvgIpc) is 2.75. The summed E-state index contributed by atoms with van der Waals surface area (Å²) in [7, 11) is 0. The molecule has 0 saturated heterocycles. The standard InChI is InChI=1S/C22H24N2O6/c1-3-16-6-4-5-7-19(16)24-20(26)12-23-21(27)13-30-22(28)14-29-18-10-8-17(9-11-18)15(2)25/h4-11H,3,12-14H2,1-2H3,(H,23,27)(H,24,26). The summed E-state index contributed by atoms with van der Waals surface area (Å²) in [4.78, 5) is 46.6. The number of anilines is 1. The summed E-state index contributed by atoms with van der Waals surface area (Å²) in [5.41, 5.74) is 2.21. The van der Waals surface area contributed by atoms with Crippen LogP contribution in [0, 0.1) is 0 Å². The van der Waals surface area contributed by atoms with Crippen molar-refractivity contribution in [2.24, 2.45) is 0 Å². The monoisotopic (exact) mass is 412 g/mol. The van der Waals surface area contributed by atoms with Crippen LogP contribution in [-0.2, 0) is 25.5 Å². The number of nitrogens with one attached hydrogen (secondary N) is 2. The van der Waals surface area contributed by atoms with Crippen molar-refractivity contribution in [3.05, 3.63) is 59.7 Å². The molecule has 2 N–H and O–H groups in total. The molecule has 30 heavy (non-hydrogen) atoms. The summed E-state index contributed by atoms with van der Waals surface area (Å²) < 4.78 is 10.1. The van der Waals surface area contributed by atoms with Gasteiger partial charge >= 0.3 is 5.97 Å². The zero-order valence-corrected chi connectivity index (χ0v) is 16.9. The first-order valence-corrected chi connectivity index (χ1v) is 9.43. The zero-order chi connectivity index (χ0) is 21.9. The predicted octanol–water partition coefficient (Wildman–Crippen LogP) is 2.13. The topological polar surface area (TPSA) is 111 Å².